The van der Waals surface area contributed by atoms with E-state index in [-0.39, 0.29) is 17.1 Å². The number of carboxylic acid groups (broad SMARTS) is 1. The lowest BCUT2D eigenvalue weighted by molar-refractivity contribution is -0.136. The molecule has 0 radical (unpaired) electrons. The molecule has 0 aromatic heterocycles. The Kier molecular flexibility index (Phi) is 3.81. The lowest BCUT2D eigenvalue weighted by Crippen LogP contribution is -2.02. The molecule has 0 saturated carbocycles. The van der Waals surface area contributed by atoms with E-state index < -0.39 is 17.0 Å². The zero-order valence-corrected chi connectivity index (χ0v) is 8.78. The zero-order chi connectivity index (χ0) is 11.4. The molecule has 0 amide bonds. The van der Waals surface area contributed by atoms with Crippen LogP contribution in [0.15, 0.2) is 23.1 Å². The van der Waals surface area contributed by atoms with Crippen molar-refractivity contribution < 1.29 is 23.4 Å². The van der Waals surface area contributed by atoms with Gasteiger partial charge in [-0.1, -0.05) is 6.07 Å². The van der Waals surface area contributed by atoms with Gasteiger partial charge in [0.2, 0.25) is 0 Å². The summed E-state index contributed by atoms with van der Waals surface area (Å²) >= 11 is -2.18. The van der Waals surface area contributed by atoms with E-state index in [0.717, 1.165) is 0 Å². The maximum atomic E-state index is 10.9. The quantitative estimate of drug-likeness (QED) is 0.751. The second kappa shape index (κ2) is 4.90. The SMILES string of the molecule is COc1ccc(CC(=O)O)cc1S(=O)O. The molecule has 6 heteroatoms. The van der Waals surface area contributed by atoms with E-state index >= 15 is 0 Å². The van der Waals surface area contributed by atoms with E-state index in [4.69, 9.17) is 14.4 Å². The molecule has 0 aliphatic heterocycles. The smallest absolute Gasteiger partial charge is 0.307 e. The van der Waals surface area contributed by atoms with E-state index in [0.29, 0.717) is 5.56 Å². The summed E-state index contributed by atoms with van der Waals surface area (Å²) in [5, 5.41) is 8.55. The lowest BCUT2D eigenvalue weighted by atomic mass is 10.1. The van der Waals surface area contributed by atoms with Gasteiger partial charge in [-0.05, 0) is 17.7 Å². The number of methoxy groups -OCH3 is 1. The van der Waals surface area contributed by atoms with Crippen molar-refractivity contribution in [2.24, 2.45) is 0 Å². The molecule has 0 heterocycles. The Bertz CT molecular complexity index is 401. The van der Waals surface area contributed by atoms with Crippen LogP contribution in [0.25, 0.3) is 0 Å². The van der Waals surface area contributed by atoms with Crippen molar-refractivity contribution in [3.05, 3.63) is 23.8 Å². The normalized spacial score (nSPS) is 12.1. The summed E-state index contributed by atoms with van der Waals surface area (Å²) in [6.07, 6.45) is -0.186. The van der Waals surface area contributed by atoms with Gasteiger partial charge >= 0.3 is 5.97 Å². The van der Waals surface area contributed by atoms with Gasteiger partial charge in [0.1, 0.15) is 10.6 Å². The van der Waals surface area contributed by atoms with Gasteiger partial charge < -0.3 is 14.4 Å². The summed E-state index contributed by atoms with van der Waals surface area (Å²) in [5.41, 5.74) is 0.459. The molecule has 82 valence electrons. The number of carboxylic acids is 1. The minimum atomic E-state index is -2.18. The molecule has 0 spiro atoms. The number of aliphatic carboxylic acids is 1. The minimum absolute atomic E-state index is 0.0799. The third-order valence-corrected chi connectivity index (χ3v) is 2.47. The molecule has 1 aromatic carbocycles. The molecule has 1 aromatic rings. The van der Waals surface area contributed by atoms with Gasteiger partial charge in [-0.15, -0.1) is 0 Å². The number of benzene rings is 1. The van der Waals surface area contributed by atoms with Crippen molar-refractivity contribution in [3.8, 4) is 5.75 Å². The van der Waals surface area contributed by atoms with Crippen LogP contribution in [0.3, 0.4) is 0 Å². The predicted molar refractivity (Wildman–Crippen MR) is 53.4 cm³/mol. The Morgan fingerprint density at radius 3 is 2.67 bits per heavy atom. The largest absolute Gasteiger partial charge is 0.495 e. The molecule has 0 fully saturated rings. The Morgan fingerprint density at radius 1 is 1.53 bits per heavy atom. The van der Waals surface area contributed by atoms with E-state index in [1.165, 1.54) is 19.2 Å². The molecule has 1 atom stereocenters. The highest BCUT2D eigenvalue weighted by atomic mass is 32.2. The molecule has 0 saturated heterocycles. The topological polar surface area (TPSA) is 83.8 Å². The van der Waals surface area contributed by atoms with Crippen molar-refractivity contribution in [1.29, 1.82) is 0 Å². The third-order valence-electron chi connectivity index (χ3n) is 1.77. The van der Waals surface area contributed by atoms with Gasteiger partial charge in [0, 0.05) is 0 Å². The average molecular weight is 230 g/mol. The fourth-order valence-electron chi connectivity index (χ4n) is 1.14. The molecule has 0 aliphatic carbocycles. The van der Waals surface area contributed by atoms with Crippen molar-refractivity contribution in [1.82, 2.24) is 0 Å². The molecule has 1 unspecified atom stereocenters. The maximum absolute atomic E-state index is 10.9. The number of carbonyl (C=O) groups is 1. The van der Waals surface area contributed by atoms with Gasteiger partial charge in [-0.3, -0.25) is 4.79 Å². The first kappa shape index (κ1) is 11.7. The second-order valence-corrected chi connectivity index (χ2v) is 3.74. The molecule has 5 nitrogen and oxygen atoms in total. The molecule has 0 bridgehead atoms. The number of hydrogen-bond donors (Lipinski definition) is 2. The van der Waals surface area contributed by atoms with Gasteiger partial charge in [-0.25, -0.2) is 4.21 Å². The maximum Gasteiger partial charge on any atom is 0.307 e. The monoisotopic (exact) mass is 230 g/mol. The minimum Gasteiger partial charge on any atom is -0.495 e. The molecule has 2 N–H and O–H groups in total. The highest BCUT2D eigenvalue weighted by Gasteiger charge is 2.10. The number of rotatable bonds is 4. The lowest BCUT2D eigenvalue weighted by Gasteiger charge is -2.06. The van der Waals surface area contributed by atoms with E-state index in [2.05, 4.69) is 0 Å². The fourth-order valence-corrected chi connectivity index (χ4v) is 1.72. The van der Waals surface area contributed by atoms with Crippen LogP contribution >= 0.6 is 0 Å². The van der Waals surface area contributed by atoms with Gasteiger partial charge in [-0.2, -0.15) is 0 Å². The number of ether oxygens (including phenoxy) is 1. The second-order valence-electron chi connectivity index (χ2n) is 2.80. The Labute approximate surface area is 89.0 Å². The standard InChI is InChI=1S/C9H10O5S/c1-14-7-3-2-6(5-9(10)11)4-8(7)15(12)13/h2-4H,5H2,1H3,(H,10,11)(H,12,13). The van der Waals surface area contributed by atoms with Crippen LogP contribution in [0, 0.1) is 0 Å². The van der Waals surface area contributed by atoms with Crippen LogP contribution in [-0.4, -0.2) is 26.9 Å². The van der Waals surface area contributed by atoms with Gasteiger partial charge in [0.15, 0.2) is 11.1 Å². The summed E-state index contributed by atoms with van der Waals surface area (Å²) in [4.78, 5) is 10.5. The first-order chi connectivity index (χ1) is 7.04. The van der Waals surface area contributed by atoms with Crippen molar-refractivity contribution in [3.63, 3.8) is 0 Å². The Balaban J connectivity index is 3.10. The van der Waals surface area contributed by atoms with Crippen LogP contribution < -0.4 is 4.74 Å². The van der Waals surface area contributed by atoms with Crippen LogP contribution in [0.4, 0.5) is 0 Å². The van der Waals surface area contributed by atoms with E-state index in [1.54, 1.807) is 6.07 Å². The van der Waals surface area contributed by atoms with Gasteiger partial charge in [0.25, 0.3) is 0 Å². The summed E-state index contributed by atoms with van der Waals surface area (Å²) in [6, 6.07) is 4.37. The summed E-state index contributed by atoms with van der Waals surface area (Å²) in [6.45, 7) is 0. The first-order valence-electron chi connectivity index (χ1n) is 4.04. The van der Waals surface area contributed by atoms with Crippen LogP contribution in [0.2, 0.25) is 0 Å². The van der Waals surface area contributed by atoms with Crippen molar-refractivity contribution in [2.75, 3.05) is 7.11 Å². The third kappa shape index (κ3) is 3.03. The van der Waals surface area contributed by atoms with E-state index in [9.17, 15) is 9.00 Å². The van der Waals surface area contributed by atoms with Crippen molar-refractivity contribution >= 4 is 17.0 Å². The number of hydrogen-bond acceptors (Lipinski definition) is 3. The molecule has 1 rings (SSSR count). The van der Waals surface area contributed by atoms with Crippen LogP contribution in [0.1, 0.15) is 5.56 Å². The predicted octanol–water partition coefficient (Wildman–Crippen LogP) is 0.903. The Hall–Kier alpha value is -1.40. The average Bonchev–Trinajstić information content (AvgIpc) is 2.16. The fraction of sp³-hybridized carbons (Fsp3) is 0.222. The van der Waals surface area contributed by atoms with Gasteiger partial charge in [0.05, 0.1) is 13.5 Å². The highest BCUT2D eigenvalue weighted by Crippen LogP contribution is 2.22. The molecule has 15 heavy (non-hydrogen) atoms. The highest BCUT2D eigenvalue weighted by molar-refractivity contribution is 7.79. The van der Waals surface area contributed by atoms with Crippen molar-refractivity contribution in [2.45, 2.75) is 11.3 Å². The summed E-state index contributed by atoms with van der Waals surface area (Å²) in [5.74, 6) is -0.722. The van der Waals surface area contributed by atoms with E-state index in [1.807, 2.05) is 0 Å². The molecule has 0 aliphatic rings. The molecular formula is C9H10O5S. The summed E-state index contributed by atoms with van der Waals surface area (Å²) in [7, 11) is 1.38. The molecular weight excluding hydrogens is 220 g/mol. The first-order valence-corrected chi connectivity index (χ1v) is 5.15. The van der Waals surface area contributed by atoms with Crippen LogP contribution in [-0.2, 0) is 22.3 Å². The summed E-state index contributed by atoms with van der Waals surface area (Å²) < 4.78 is 24.7. The Morgan fingerprint density at radius 2 is 2.20 bits per heavy atom. The zero-order valence-electron chi connectivity index (χ0n) is 7.97. The van der Waals surface area contributed by atoms with Crippen LogP contribution in [0.5, 0.6) is 5.75 Å².